The molecule has 88 valence electrons. The number of hydrogen-bond donors (Lipinski definition) is 2. The van der Waals surface area contributed by atoms with Gasteiger partial charge in [0.15, 0.2) is 0 Å². The molecule has 1 heterocycles. The summed E-state index contributed by atoms with van der Waals surface area (Å²) in [5.74, 6) is 0.106. The number of amides is 1. The van der Waals surface area contributed by atoms with Gasteiger partial charge in [0.1, 0.15) is 0 Å². The number of hydrogen-bond acceptors (Lipinski definition) is 3. The molecule has 1 atom stereocenters. The normalized spacial score (nSPS) is 17.1. The fourth-order valence-corrected chi connectivity index (χ4v) is 2.35. The van der Waals surface area contributed by atoms with Gasteiger partial charge in [0.05, 0.1) is 6.54 Å². The smallest absolute Gasteiger partial charge is 0.234 e. The van der Waals surface area contributed by atoms with Crippen LogP contribution in [-0.2, 0) is 11.2 Å². The van der Waals surface area contributed by atoms with E-state index in [9.17, 15) is 4.79 Å². The Morgan fingerprint density at radius 2 is 2.44 bits per heavy atom. The van der Waals surface area contributed by atoms with E-state index in [-0.39, 0.29) is 11.9 Å². The summed E-state index contributed by atoms with van der Waals surface area (Å²) in [4.78, 5) is 11.5. The Bertz CT molecular complexity index is 333. The summed E-state index contributed by atoms with van der Waals surface area (Å²) in [7, 11) is 0. The zero-order valence-corrected chi connectivity index (χ0v) is 10.3. The minimum Gasteiger partial charge on any atom is -0.352 e. The van der Waals surface area contributed by atoms with Gasteiger partial charge < -0.3 is 10.6 Å². The summed E-state index contributed by atoms with van der Waals surface area (Å²) in [5, 5.41) is 10.4. The number of rotatable bonds is 6. The molecule has 0 aromatic carbocycles. The van der Waals surface area contributed by atoms with Gasteiger partial charge in [-0.05, 0) is 48.6 Å². The van der Waals surface area contributed by atoms with Crippen molar-refractivity contribution in [2.45, 2.75) is 38.3 Å². The van der Waals surface area contributed by atoms with Gasteiger partial charge in [-0.15, -0.1) is 0 Å². The van der Waals surface area contributed by atoms with E-state index < -0.39 is 0 Å². The largest absolute Gasteiger partial charge is 0.352 e. The van der Waals surface area contributed by atoms with E-state index in [1.54, 1.807) is 11.3 Å². The summed E-state index contributed by atoms with van der Waals surface area (Å²) >= 11 is 1.70. The van der Waals surface area contributed by atoms with Crippen molar-refractivity contribution in [1.29, 1.82) is 0 Å². The van der Waals surface area contributed by atoms with Crippen molar-refractivity contribution in [2.24, 2.45) is 0 Å². The molecule has 0 aliphatic heterocycles. The SMILES string of the molecule is CC(Cc1ccsc1)NC(=O)CNC1CC1. The highest BCUT2D eigenvalue weighted by Crippen LogP contribution is 2.17. The average molecular weight is 238 g/mol. The Morgan fingerprint density at radius 3 is 3.06 bits per heavy atom. The molecule has 1 amide bonds. The van der Waals surface area contributed by atoms with E-state index in [1.807, 2.05) is 6.92 Å². The monoisotopic (exact) mass is 238 g/mol. The van der Waals surface area contributed by atoms with Crippen molar-refractivity contribution in [3.63, 3.8) is 0 Å². The second kappa shape index (κ2) is 5.46. The summed E-state index contributed by atoms with van der Waals surface area (Å²) in [6.07, 6.45) is 3.36. The molecule has 2 N–H and O–H groups in total. The maximum atomic E-state index is 11.5. The van der Waals surface area contributed by atoms with Crippen LogP contribution in [0.2, 0.25) is 0 Å². The zero-order chi connectivity index (χ0) is 11.4. The predicted octanol–water partition coefficient (Wildman–Crippen LogP) is 1.55. The standard InChI is InChI=1S/C12H18N2OS/c1-9(6-10-4-5-16-8-10)14-12(15)7-13-11-2-3-11/h4-5,8-9,11,13H,2-3,6-7H2,1H3,(H,14,15). The second-order valence-electron chi connectivity index (χ2n) is 4.46. The Balaban J connectivity index is 1.65. The van der Waals surface area contributed by atoms with Crippen molar-refractivity contribution >= 4 is 17.2 Å². The molecule has 4 heteroatoms. The van der Waals surface area contributed by atoms with Gasteiger partial charge >= 0.3 is 0 Å². The van der Waals surface area contributed by atoms with Crippen LogP contribution < -0.4 is 10.6 Å². The fourth-order valence-electron chi connectivity index (χ4n) is 1.66. The van der Waals surface area contributed by atoms with Crippen LogP contribution in [0.1, 0.15) is 25.3 Å². The Kier molecular flexibility index (Phi) is 3.96. The van der Waals surface area contributed by atoms with Crippen LogP contribution in [-0.4, -0.2) is 24.5 Å². The molecule has 1 aliphatic rings. The lowest BCUT2D eigenvalue weighted by Crippen LogP contribution is -2.40. The number of thiophene rings is 1. The summed E-state index contributed by atoms with van der Waals surface area (Å²) in [6, 6.07) is 2.91. The maximum Gasteiger partial charge on any atom is 0.234 e. The molecule has 3 nitrogen and oxygen atoms in total. The predicted molar refractivity (Wildman–Crippen MR) is 66.7 cm³/mol. The lowest BCUT2D eigenvalue weighted by atomic mass is 10.1. The van der Waals surface area contributed by atoms with E-state index in [0.29, 0.717) is 12.6 Å². The third-order valence-corrected chi connectivity index (χ3v) is 3.39. The molecular formula is C12H18N2OS. The highest BCUT2D eigenvalue weighted by molar-refractivity contribution is 7.07. The third kappa shape index (κ3) is 3.94. The molecule has 0 radical (unpaired) electrons. The van der Waals surface area contributed by atoms with Gasteiger partial charge in [-0.1, -0.05) is 0 Å². The molecule has 1 saturated carbocycles. The molecule has 16 heavy (non-hydrogen) atoms. The second-order valence-corrected chi connectivity index (χ2v) is 5.24. The molecule has 1 aromatic rings. The van der Waals surface area contributed by atoms with Crippen LogP contribution in [0.25, 0.3) is 0 Å². The zero-order valence-electron chi connectivity index (χ0n) is 9.53. The van der Waals surface area contributed by atoms with Gasteiger partial charge in [0, 0.05) is 12.1 Å². The van der Waals surface area contributed by atoms with Crippen LogP contribution in [0.5, 0.6) is 0 Å². The van der Waals surface area contributed by atoms with E-state index in [0.717, 1.165) is 6.42 Å². The van der Waals surface area contributed by atoms with Crippen LogP contribution >= 0.6 is 11.3 Å². The van der Waals surface area contributed by atoms with Gasteiger partial charge in [-0.2, -0.15) is 11.3 Å². The van der Waals surface area contributed by atoms with Crippen LogP contribution in [0.4, 0.5) is 0 Å². The van der Waals surface area contributed by atoms with E-state index in [1.165, 1.54) is 18.4 Å². The van der Waals surface area contributed by atoms with Gasteiger partial charge in [-0.25, -0.2) is 0 Å². The van der Waals surface area contributed by atoms with Crippen molar-refractivity contribution < 1.29 is 4.79 Å². The first kappa shape index (κ1) is 11.6. The lowest BCUT2D eigenvalue weighted by Gasteiger charge is -2.13. The Hall–Kier alpha value is -0.870. The van der Waals surface area contributed by atoms with Crippen LogP contribution in [0.15, 0.2) is 16.8 Å². The van der Waals surface area contributed by atoms with Gasteiger partial charge in [-0.3, -0.25) is 4.79 Å². The van der Waals surface area contributed by atoms with Crippen molar-refractivity contribution in [1.82, 2.24) is 10.6 Å². The number of carbonyl (C=O) groups excluding carboxylic acids is 1. The maximum absolute atomic E-state index is 11.5. The molecule has 0 saturated heterocycles. The number of carbonyl (C=O) groups is 1. The molecule has 0 bridgehead atoms. The average Bonchev–Trinajstić information content (AvgIpc) is 2.94. The fraction of sp³-hybridized carbons (Fsp3) is 0.583. The summed E-state index contributed by atoms with van der Waals surface area (Å²) < 4.78 is 0. The van der Waals surface area contributed by atoms with E-state index >= 15 is 0 Å². The first-order valence-electron chi connectivity index (χ1n) is 5.78. The minimum atomic E-state index is 0.106. The lowest BCUT2D eigenvalue weighted by molar-refractivity contribution is -0.120. The molecule has 1 aliphatic carbocycles. The van der Waals surface area contributed by atoms with Crippen LogP contribution in [0.3, 0.4) is 0 Å². The molecule has 1 fully saturated rings. The minimum absolute atomic E-state index is 0.106. The van der Waals surface area contributed by atoms with Gasteiger partial charge in [0.25, 0.3) is 0 Å². The summed E-state index contributed by atoms with van der Waals surface area (Å²) in [5.41, 5.74) is 1.30. The third-order valence-electron chi connectivity index (χ3n) is 2.66. The Morgan fingerprint density at radius 1 is 1.62 bits per heavy atom. The summed E-state index contributed by atoms with van der Waals surface area (Å²) in [6.45, 7) is 2.51. The van der Waals surface area contributed by atoms with E-state index in [2.05, 4.69) is 27.5 Å². The van der Waals surface area contributed by atoms with E-state index in [4.69, 9.17) is 0 Å². The quantitative estimate of drug-likeness (QED) is 0.789. The molecule has 1 aromatic heterocycles. The van der Waals surface area contributed by atoms with Crippen molar-refractivity contribution in [3.05, 3.63) is 22.4 Å². The topological polar surface area (TPSA) is 41.1 Å². The molecule has 1 unspecified atom stereocenters. The first-order valence-corrected chi connectivity index (χ1v) is 6.72. The van der Waals surface area contributed by atoms with Crippen LogP contribution in [0, 0.1) is 0 Å². The highest BCUT2D eigenvalue weighted by Gasteiger charge is 2.21. The molecule has 0 spiro atoms. The van der Waals surface area contributed by atoms with Crippen molar-refractivity contribution in [3.8, 4) is 0 Å². The molecular weight excluding hydrogens is 220 g/mol. The first-order chi connectivity index (χ1) is 7.74. The highest BCUT2D eigenvalue weighted by atomic mass is 32.1. The van der Waals surface area contributed by atoms with Gasteiger partial charge in [0.2, 0.25) is 5.91 Å². The number of nitrogens with one attached hydrogen (secondary N) is 2. The molecule has 2 rings (SSSR count). The Labute approximate surface area is 100 Å². The van der Waals surface area contributed by atoms with Crippen molar-refractivity contribution in [2.75, 3.05) is 6.54 Å².